The van der Waals surface area contributed by atoms with E-state index >= 15 is 0 Å². The van der Waals surface area contributed by atoms with Crippen LogP contribution in [0.15, 0.2) is 27.3 Å². The molecule has 2 aromatic heterocycles. The summed E-state index contributed by atoms with van der Waals surface area (Å²) in [5, 5.41) is 6.21. The van der Waals surface area contributed by atoms with Crippen molar-refractivity contribution in [1.29, 1.82) is 0 Å². The standard InChI is InChI=1S/C15H20N6O2/c1-6-8-20-14-16-12-11(21(14)10(4)9(3)17-20)13(22)19(7-2)15(23)18(12)5/h6,10H,1,7-8H2,2-5H3. The SMILES string of the molecule is C=CCN1N=C(C)C(C)n2c1nc1c2c(=O)n(CC)c(=O)n1C. The number of anilines is 1. The third-order valence-electron chi connectivity index (χ3n) is 4.28. The van der Waals surface area contributed by atoms with Gasteiger partial charge >= 0.3 is 5.69 Å². The fourth-order valence-electron chi connectivity index (χ4n) is 2.91. The van der Waals surface area contributed by atoms with Gasteiger partial charge in [-0.15, -0.1) is 6.58 Å². The molecule has 0 fully saturated rings. The van der Waals surface area contributed by atoms with Crippen LogP contribution < -0.4 is 16.3 Å². The monoisotopic (exact) mass is 316 g/mol. The molecule has 23 heavy (non-hydrogen) atoms. The van der Waals surface area contributed by atoms with Gasteiger partial charge in [0, 0.05) is 13.6 Å². The van der Waals surface area contributed by atoms with E-state index in [1.807, 2.05) is 18.4 Å². The maximum atomic E-state index is 12.8. The minimum absolute atomic E-state index is 0.105. The number of aryl methyl sites for hydroxylation is 1. The number of imidazole rings is 1. The maximum absolute atomic E-state index is 12.8. The van der Waals surface area contributed by atoms with Crippen LogP contribution in [0.25, 0.3) is 11.2 Å². The third-order valence-corrected chi connectivity index (χ3v) is 4.28. The van der Waals surface area contributed by atoms with E-state index in [4.69, 9.17) is 0 Å². The van der Waals surface area contributed by atoms with Gasteiger partial charge in [0.05, 0.1) is 18.3 Å². The Morgan fingerprint density at radius 3 is 2.65 bits per heavy atom. The lowest BCUT2D eigenvalue weighted by Gasteiger charge is -2.28. The molecular weight excluding hydrogens is 296 g/mol. The number of nitrogens with zero attached hydrogens (tertiary/aromatic N) is 6. The smallest absolute Gasteiger partial charge is 0.294 e. The molecular formula is C15H20N6O2. The van der Waals surface area contributed by atoms with Crippen LogP contribution in [0.3, 0.4) is 0 Å². The molecule has 0 aromatic carbocycles. The average molecular weight is 316 g/mol. The molecule has 1 unspecified atom stereocenters. The molecule has 3 rings (SSSR count). The Morgan fingerprint density at radius 1 is 1.35 bits per heavy atom. The fourth-order valence-corrected chi connectivity index (χ4v) is 2.91. The molecule has 0 spiro atoms. The molecule has 0 bridgehead atoms. The van der Waals surface area contributed by atoms with E-state index in [0.717, 1.165) is 5.71 Å². The van der Waals surface area contributed by atoms with Gasteiger partial charge in [-0.1, -0.05) is 6.08 Å². The minimum atomic E-state index is -0.360. The van der Waals surface area contributed by atoms with Crippen LogP contribution in [0.4, 0.5) is 5.95 Å². The van der Waals surface area contributed by atoms with E-state index in [2.05, 4.69) is 16.7 Å². The first-order chi connectivity index (χ1) is 10.9. The van der Waals surface area contributed by atoms with Gasteiger partial charge < -0.3 is 0 Å². The molecule has 0 saturated heterocycles. The van der Waals surface area contributed by atoms with Gasteiger partial charge in [-0.2, -0.15) is 10.1 Å². The second-order valence-electron chi connectivity index (χ2n) is 5.63. The van der Waals surface area contributed by atoms with Gasteiger partial charge in [0.2, 0.25) is 5.95 Å². The number of rotatable bonds is 3. The molecule has 8 nitrogen and oxygen atoms in total. The van der Waals surface area contributed by atoms with E-state index in [0.29, 0.717) is 30.2 Å². The lowest BCUT2D eigenvalue weighted by Crippen LogP contribution is -2.40. The van der Waals surface area contributed by atoms with E-state index < -0.39 is 0 Å². The van der Waals surface area contributed by atoms with Crippen molar-refractivity contribution in [3.05, 3.63) is 33.5 Å². The van der Waals surface area contributed by atoms with Gasteiger partial charge in [0.25, 0.3) is 5.56 Å². The topological polar surface area (TPSA) is 77.4 Å². The molecule has 122 valence electrons. The molecule has 8 heteroatoms. The number of aromatic nitrogens is 4. The highest BCUT2D eigenvalue weighted by atomic mass is 16.2. The van der Waals surface area contributed by atoms with Crippen LogP contribution in [0.5, 0.6) is 0 Å². The van der Waals surface area contributed by atoms with Crippen molar-refractivity contribution in [1.82, 2.24) is 18.7 Å². The second kappa shape index (κ2) is 5.22. The van der Waals surface area contributed by atoms with Crippen molar-refractivity contribution >= 4 is 22.8 Å². The van der Waals surface area contributed by atoms with Crippen LogP contribution in [0.1, 0.15) is 26.8 Å². The normalized spacial score (nSPS) is 17.3. The first kappa shape index (κ1) is 15.3. The van der Waals surface area contributed by atoms with E-state index in [1.165, 1.54) is 9.13 Å². The third kappa shape index (κ3) is 1.97. The zero-order valence-electron chi connectivity index (χ0n) is 13.8. The molecule has 0 aliphatic carbocycles. The molecule has 1 aliphatic rings. The first-order valence-electron chi connectivity index (χ1n) is 7.57. The summed E-state index contributed by atoms with van der Waals surface area (Å²) >= 11 is 0. The van der Waals surface area contributed by atoms with Crippen molar-refractivity contribution in [3.63, 3.8) is 0 Å². The maximum Gasteiger partial charge on any atom is 0.332 e. The number of fused-ring (bicyclic) bond motifs is 3. The molecule has 3 heterocycles. The van der Waals surface area contributed by atoms with E-state index in [9.17, 15) is 9.59 Å². The molecule has 0 radical (unpaired) electrons. The van der Waals surface area contributed by atoms with Crippen molar-refractivity contribution in [2.24, 2.45) is 12.1 Å². The Balaban J connectivity index is 2.47. The summed E-state index contributed by atoms with van der Waals surface area (Å²) in [5.41, 5.74) is 1.01. The predicted molar refractivity (Wildman–Crippen MR) is 90.3 cm³/mol. The molecule has 0 saturated carbocycles. The second-order valence-corrected chi connectivity index (χ2v) is 5.63. The van der Waals surface area contributed by atoms with Crippen LogP contribution >= 0.6 is 0 Å². The number of hydrogen-bond acceptors (Lipinski definition) is 5. The quantitative estimate of drug-likeness (QED) is 0.787. The van der Waals surface area contributed by atoms with Crippen molar-refractivity contribution in [3.8, 4) is 0 Å². The Bertz CT molecular complexity index is 945. The van der Waals surface area contributed by atoms with Crippen molar-refractivity contribution in [2.75, 3.05) is 11.6 Å². The van der Waals surface area contributed by atoms with E-state index in [-0.39, 0.29) is 17.3 Å². The highest BCUT2D eigenvalue weighted by molar-refractivity contribution is 5.91. The highest BCUT2D eigenvalue weighted by Crippen LogP contribution is 2.29. The lowest BCUT2D eigenvalue weighted by atomic mass is 10.2. The average Bonchev–Trinajstić information content (AvgIpc) is 2.92. The Kier molecular flexibility index (Phi) is 3.46. The van der Waals surface area contributed by atoms with Gasteiger partial charge in [-0.3, -0.25) is 18.5 Å². The van der Waals surface area contributed by atoms with Crippen LogP contribution in [-0.2, 0) is 13.6 Å². The minimum Gasteiger partial charge on any atom is -0.294 e. The first-order valence-corrected chi connectivity index (χ1v) is 7.57. The van der Waals surface area contributed by atoms with Gasteiger partial charge in [-0.25, -0.2) is 9.80 Å². The predicted octanol–water partition coefficient (Wildman–Crippen LogP) is 0.859. The highest BCUT2D eigenvalue weighted by Gasteiger charge is 2.29. The molecule has 0 N–H and O–H groups in total. The Morgan fingerprint density at radius 2 is 2.04 bits per heavy atom. The molecule has 0 amide bonds. The summed E-state index contributed by atoms with van der Waals surface area (Å²) in [6.07, 6.45) is 1.72. The molecule has 1 atom stereocenters. The summed E-state index contributed by atoms with van der Waals surface area (Å²) in [6, 6.07) is -0.105. The van der Waals surface area contributed by atoms with Gasteiger partial charge in [0.15, 0.2) is 11.2 Å². The summed E-state index contributed by atoms with van der Waals surface area (Å²) in [6.45, 7) is 10.2. The van der Waals surface area contributed by atoms with Crippen LogP contribution in [0, 0.1) is 0 Å². The van der Waals surface area contributed by atoms with Gasteiger partial charge in [0.1, 0.15) is 0 Å². The summed E-state index contributed by atoms with van der Waals surface area (Å²) < 4.78 is 4.50. The lowest BCUT2D eigenvalue weighted by molar-refractivity contribution is 0.623. The Hall–Kier alpha value is -2.64. The summed E-state index contributed by atoms with van der Waals surface area (Å²) in [4.78, 5) is 29.6. The molecule has 1 aliphatic heterocycles. The Labute approximate surface area is 133 Å². The van der Waals surface area contributed by atoms with Crippen molar-refractivity contribution in [2.45, 2.75) is 33.4 Å². The number of hydrogen-bond donors (Lipinski definition) is 0. The van der Waals surface area contributed by atoms with Gasteiger partial charge in [-0.05, 0) is 20.8 Å². The fraction of sp³-hybridized carbons (Fsp3) is 0.467. The van der Waals surface area contributed by atoms with E-state index in [1.54, 1.807) is 25.1 Å². The zero-order chi connectivity index (χ0) is 16.9. The summed E-state index contributed by atoms with van der Waals surface area (Å²) in [5.74, 6) is 0.555. The van der Waals surface area contributed by atoms with Crippen molar-refractivity contribution < 1.29 is 0 Å². The van der Waals surface area contributed by atoms with Crippen LogP contribution in [-0.4, -0.2) is 30.9 Å². The largest absolute Gasteiger partial charge is 0.332 e. The zero-order valence-corrected chi connectivity index (χ0v) is 13.8. The number of hydrazone groups is 1. The summed E-state index contributed by atoms with van der Waals surface area (Å²) in [7, 11) is 1.63. The molecule has 2 aromatic rings. The van der Waals surface area contributed by atoms with Crippen LogP contribution in [0.2, 0.25) is 0 Å².